The van der Waals surface area contributed by atoms with E-state index in [1.807, 2.05) is 0 Å². The summed E-state index contributed by atoms with van der Waals surface area (Å²) in [4.78, 5) is 0. The van der Waals surface area contributed by atoms with Crippen LogP contribution in [0.1, 0.15) is 12.8 Å². The molecule has 0 saturated carbocycles. The van der Waals surface area contributed by atoms with Crippen LogP contribution in [0.5, 0.6) is 0 Å². The van der Waals surface area contributed by atoms with E-state index in [-0.39, 0.29) is 5.25 Å². The number of rotatable bonds is 1. The van der Waals surface area contributed by atoms with Gasteiger partial charge in [-0.05, 0) is 12.8 Å². The minimum atomic E-state index is -1.18. The minimum Gasteiger partial charge on any atom is -0.380 e. The second-order valence-electron chi connectivity index (χ2n) is 2.17. The quantitative estimate of drug-likeness (QED) is 0.560. The maximum Gasteiger partial charge on any atom is 0.0943 e. The van der Waals surface area contributed by atoms with E-state index in [4.69, 9.17) is 9.88 Å². The molecule has 2 atom stereocenters. The molecule has 1 saturated heterocycles. The molecular formula is C5H11NO2S. The van der Waals surface area contributed by atoms with Crippen LogP contribution in [0, 0.1) is 0 Å². The van der Waals surface area contributed by atoms with Gasteiger partial charge in [0.15, 0.2) is 0 Å². The van der Waals surface area contributed by atoms with E-state index in [2.05, 4.69) is 0 Å². The van der Waals surface area contributed by atoms with Gasteiger partial charge in [0, 0.05) is 6.61 Å². The predicted molar refractivity (Wildman–Crippen MR) is 36.2 cm³/mol. The van der Waals surface area contributed by atoms with Gasteiger partial charge < -0.3 is 4.74 Å². The molecule has 0 spiro atoms. The summed E-state index contributed by atoms with van der Waals surface area (Å²) >= 11 is 0. The van der Waals surface area contributed by atoms with Crippen molar-refractivity contribution in [3.63, 3.8) is 0 Å². The molecule has 0 aliphatic carbocycles. The third-order valence-electron chi connectivity index (χ3n) is 1.45. The molecule has 1 aliphatic rings. The Morgan fingerprint density at radius 3 is 2.78 bits per heavy atom. The lowest BCUT2D eigenvalue weighted by Gasteiger charge is -2.18. The molecule has 0 aromatic heterocycles. The van der Waals surface area contributed by atoms with E-state index in [1.165, 1.54) is 0 Å². The van der Waals surface area contributed by atoms with Crippen LogP contribution in [-0.2, 0) is 15.7 Å². The van der Waals surface area contributed by atoms with Crippen LogP contribution in [0.4, 0.5) is 0 Å². The summed E-state index contributed by atoms with van der Waals surface area (Å²) in [5.74, 6) is 0. The van der Waals surface area contributed by atoms with E-state index in [0.29, 0.717) is 6.61 Å². The largest absolute Gasteiger partial charge is 0.380 e. The van der Waals surface area contributed by atoms with Gasteiger partial charge in [0.2, 0.25) is 0 Å². The average Bonchev–Trinajstić information content (AvgIpc) is 1.90. The zero-order valence-corrected chi connectivity index (χ0v) is 6.02. The summed E-state index contributed by atoms with van der Waals surface area (Å²) in [6, 6.07) is 0. The van der Waals surface area contributed by atoms with E-state index < -0.39 is 11.0 Å². The second kappa shape index (κ2) is 3.29. The summed E-state index contributed by atoms with van der Waals surface area (Å²) in [6.45, 7) is 1.37. The summed E-state index contributed by atoms with van der Waals surface area (Å²) < 4.78 is 15.7. The number of hydrogen-bond donors (Lipinski definition) is 1. The molecule has 9 heavy (non-hydrogen) atoms. The van der Waals surface area contributed by atoms with Crippen LogP contribution in [0.15, 0.2) is 0 Å². The molecule has 2 unspecified atom stereocenters. The highest BCUT2D eigenvalue weighted by atomic mass is 32.2. The Kier molecular flexibility index (Phi) is 2.63. The monoisotopic (exact) mass is 149 g/mol. The van der Waals surface area contributed by atoms with Gasteiger partial charge in [-0.3, -0.25) is 5.14 Å². The Bertz CT molecular complexity index is 112. The zero-order chi connectivity index (χ0) is 6.69. The van der Waals surface area contributed by atoms with Gasteiger partial charge in [0.1, 0.15) is 0 Å². The molecule has 1 aliphatic heterocycles. The Hall–Kier alpha value is 0.0700. The fraction of sp³-hybridized carbons (Fsp3) is 1.00. The zero-order valence-electron chi connectivity index (χ0n) is 5.21. The molecule has 0 bridgehead atoms. The molecule has 4 heteroatoms. The number of nitrogens with two attached hydrogens (primary N) is 1. The highest BCUT2D eigenvalue weighted by Crippen LogP contribution is 2.08. The number of ether oxygens (including phenoxy) is 1. The molecular weight excluding hydrogens is 138 g/mol. The third kappa shape index (κ3) is 2.04. The van der Waals surface area contributed by atoms with Crippen LogP contribution >= 0.6 is 0 Å². The molecule has 54 valence electrons. The first-order chi connectivity index (χ1) is 4.30. The minimum absolute atomic E-state index is 0.0822. The topological polar surface area (TPSA) is 52.3 Å². The molecule has 2 N–H and O–H groups in total. The molecule has 0 amide bonds. The molecule has 0 aromatic carbocycles. The fourth-order valence-electron chi connectivity index (χ4n) is 0.894. The molecule has 1 fully saturated rings. The fourth-order valence-corrected chi connectivity index (χ4v) is 1.52. The first-order valence-electron chi connectivity index (χ1n) is 3.03. The summed E-state index contributed by atoms with van der Waals surface area (Å²) in [7, 11) is -1.18. The lowest BCUT2D eigenvalue weighted by atomic mass is 10.2. The van der Waals surface area contributed by atoms with Crippen LogP contribution in [0.2, 0.25) is 0 Å². The summed E-state index contributed by atoms with van der Waals surface area (Å²) in [6.07, 6.45) is 1.94. The lowest BCUT2D eigenvalue weighted by molar-refractivity contribution is 0.100. The van der Waals surface area contributed by atoms with Crippen molar-refractivity contribution in [1.29, 1.82) is 0 Å². The van der Waals surface area contributed by atoms with Crippen molar-refractivity contribution in [2.75, 3.05) is 13.2 Å². The van der Waals surface area contributed by atoms with E-state index in [0.717, 1.165) is 19.4 Å². The Morgan fingerprint density at radius 2 is 2.44 bits per heavy atom. The Labute approximate surface area is 57.2 Å². The van der Waals surface area contributed by atoms with Crippen LogP contribution in [-0.4, -0.2) is 22.7 Å². The molecule has 0 aromatic rings. The van der Waals surface area contributed by atoms with Crippen molar-refractivity contribution >= 4 is 11.0 Å². The highest BCUT2D eigenvalue weighted by molar-refractivity contribution is 7.83. The van der Waals surface area contributed by atoms with Crippen LogP contribution in [0.25, 0.3) is 0 Å². The van der Waals surface area contributed by atoms with Crippen molar-refractivity contribution in [1.82, 2.24) is 0 Å². The van der Waals surface area contributed by atoms with Crippen molar-refractivity contribution < 1.29 is 8.95 Å². The predicted octanol–water partition coefficient (Wildman–Crippen LogP) is -0.212. The number of hydrogen-bond acceptors (Lipinski definition) is 2. The Morgan fingerprint density at radius 1 is 1.67 bits per heavy atom. The average molecular weight is 149 g/mol. The molecule has 1 heterocycles. The molecule has 3 nitrogen and oxygen atoms in total. The second-order valence-corrected chi connectivity index (χ2v) is 3.49. The van der Waals surface area contributed by atoms with Crippen molar-refractivity contribution in [3.05, 3.63) is 0 Å². The maximum absolute atomic E-state index is 10.6. The van der Waals surface area contributed by atoms with Crippen molar-refractivity contribution in [2.24, 2.45) is 5.14 Å². The summed E-state index contributed by atoms with van der Waals surface area (Å²) in [5, 5.41) is 5.24. The van der Waals surface area contributed by atoms with Crippen LogP contribution < -0.4 is 5.14 Å². The van der Waals surface area contributed by atoms with Crippen LogP contribution in [0.3, 0.4) is 0 Å². The van der Waals surface area contributed by atoms with Gasteiger partial charge >= 0.3 is 0 Å². The van der Waals surface area contributed by atoms with Crippen molar-refractivity contribution in [3.8, 4) is 0 Å². The first kappa shape index (κ1) is 7.18. The highest BCUT2D eigenvalue weighted by Gasteiger charge is 2.16. The summed E-state index contributed by atoms with van der Waals surface area (Å²) in [5.41, 5.74) is 0. The maximum atomic E-state index is 10.6. The van der Waals surface area contributed by atoms with Gasteiger partial charge in [-0.25, -0.2) is 4.21 Å². The SMILES string of the molecule is NS(=O)C1CCCOC1. The third-order valence-corrected chi connectivity index (χ3v) is 2.48. The standard InChI is InChI=1S/C5H11NO2S/c6-9(7)5-2-1-3-8-4-5/h5H,1-4,6H2. The van der Waals surface area contributed by atoms with E-state index in [1.54, 1.807) is 0 Å². The van der Waals surface area contributed by atoms with E-state index in [9.17, 15) is 4.21 Å². The van der Waals surface area contributed by atoms with Gasteiger partial charge in [0.25, 0.3) is 0 Å². The van der Waals surface area contributed by atoms with Gasteiger partial charge in [-0.1, -0.05) is 0 Å². The molecule has 0 radical (unpaired) electrons. The first-order valence-corrected chi connectivity index (χ1v) is 4.31. The normalized spacial score (nSPS) is 31.9. The molecule has 1 rings (SSSR count). The Balaban J connectivity index is 2.31. The van der Waals surface area contributed by atoms with Gasteiger partial charge in [-0.15, -0.1) is 0 Å². The van der Waals surface area contributed by atoms with Gasteiger partial charge in [-0.2, -0.15) is 0 Å². The lowest BCUT2D eigenvalue weighted by Crippen LogP contribution is -2.30. The van der Waals surface area contributed by atoms with Crippen molar-refractivity contribution in [2.45, 2.75) is 18.1 Å². The van der Waals surface area contributed by atoms with Gasteiger partial charge in [0.05, 0.1) is 22.8 Å². The smallest absolute Gasteiger partial charge is 0.0943 e. The van der Waals surface area contributed by atoms with E-state index >= 15 is 0 Å².